The van der Waals surface area contributed by atoms with Gasteiger partial charge in [-0.15, -0.1) is 26.3 Å². The number of phenolic OH excluding ortho intramolecular Hbond substituents is 2. The van der Waals surface area contributed by atoms with E-state index in [-0.39, 0.29) is 126 Å². The van der Waals surface area contributed by atoms with Crippen LogP contribution in [-0.2, 0) is 105 Å². The summed E-state index contributed by atoms with van der Waals surface area (Å²) in [5.41, 5.74) is 17.8. The molecule has 142 heavy (non-hydrogen) atoms. The molecule has 6 atom stereocenters. The van der Waals surface area contributed by atoms with E-state index in [4.69, 9.17) is 43.0 Å². The smallest absolute Gasteiger partial charge is 0.342 e. The van der Waals surface area contributed by atoms with Gasteiger partial charge in [-0.2, -0.15) is 8.42 Å². The molecule has 0 fully saturated rings. The lowest BCUT2D eigenvalue weighted by atomic mass is 9.87. The molecule has 0 aromatic heterocycles. The third kappa shape index (κ3) is 51.6. The molecule has 0 saturated heterocycles. The predicted octanol–water partition coefficient (Wildman–Crippen LogP) is 23.7. The number of carboxylic acids is 1. The highest BCUT2D eigenvalue weighted by molar-refractivity contribution is 7.96. The number of cyclic esters (lactones) is 3. The van der Waals surface area contributed by atoms with Crippen molar-refractivity contribution in [2.24, 2.45) is 5.92 Å². The van der Waals surface area contributed by atoms with Crippen LogP contribution in [0.1, 0.15) is 291 Å². The van der Waals surface area contributed by atoms with Gasteiger partial charge in [0.05, 0.1) is 35.6 Å². The molecule has 5 aromatic carbocycles. The van der Waals surface area contributed by atoms with E-state index in [1.54, 1.807) is 76.3 Å². The normalized spacial score (nSPS) is 16.9. The number of ketones is 3. The molecular formula is C114H157N2O23PS2. The van der Waals surface area contributed by atoms with Gasteiger partial charge in [0.25, 0.3) is 16.1 Å². The second-order valence-corrected chi connectivity index (χ2v) is 38.3. The molecule has 5 aromatic rings. The van der Waals surface area contributed by atoms with E-state index in [1.807, 2.05) is 189 Å². The van der Waals surface area contributed by atoms with Crippen LogP contribution in [0.3, 0.4) is 0 Å². The first kappa shape index (κ1) is 130. The number of aromatic hydroxyl groups is 2. The molecule has 0 radical (unpaired) electrons. The van der Waals surface area contributed by atoms with E-state index in [1.165, 1.54) is 23.8 Å². The molecule has 0 aliphatic carbocycles. The van der Waals surface area contributed by atoms with Crippen molar-refractivity contribution in [2.75, 3.05) is 41.2 Å². The maximum Gasteiger partial charge on any atom is 0.342 e. The van der Waals surface area contributed by atoms with E-state index < -0.39 is 22.1 Å². The van der Waals surface area contributed by atoms with Gasteiger partial charge in [-0.1, -0.05) is 133 Å². The number of carbonyl (C=O) groups is 11. The molecule has 3 aliphatic heterocycles. The second kappa shape index (κ2) is 69.8. The summed E-state index contributed by atoms with van der Waals surface area (Å²) >= 11 is 4.37. The van der Waals surface area contributed by atoms with E-state index >= 15 is 0 Å². The number of aryl methyl sites for hydroxylation is 8. The fourth-order valence-electron chi connectivity index (χ4n) is 14.7. The van der Waals surface area contributed by atoms with Crippen LogP contribution in [0.25, 0.3) is 0 Å². The van der Waals surface area contributed by atoms with Crippen molar-refractivity contribution in [1.29, 1.82) is 0 Å². The Morgan fingerprint density at radius 1 is 0.528 bits per heavy atom. The molecule has 4 N–H and O–H groups in total. The number of phenols is 2. The number of unbranched alkanes of at least 4 members (excludes halogenated alkanes) is 2. The number of hydrogen-bond acceptors (Lipinski definition) is 22. The van der Waals surface area contributed by atoms with Crippen molar-refractivity contribution < 1.29 is 110 Å². The van der Waals surface area contributed by atoms with Crippen LogP contribution < -0.4 is 0 Å². The molecule has 778 valence electrons. The van der Waals surface area contributed by atoms with Gasteiger partial charge in [-0.25, -0.2) is 29.0 Å². The van der Waals surface area contributed by atoms with Gasteiger partial charge in [0, 0.05) is 91.9 Å². The van der Waals surface area contributed by atoms with Crippen LogP contribution in [0.2, 0.25) is 0 Å². The van der Waals surface area contributed by atoms with Crippen molar-refractivity contribution in [3.05, 3.63) is 294 Å². The Bertz CT molecular complexity index is 5340. The summed E-state index contributed by atoms with van der Waals surface area (Å²) in [5.74, 6) is -3.38. The number of aliphatic carboxylic acids is 1. The molecule has 0 bridgehead atoms. The maximum absolute atomic E-state index is 12.8. The molecule has 0 saturated carbocycles. The minimum atomic E-state index is -3.67. The lowest BCUT2D eigenvalue weighted by molar-refractivity contribution is -0.169. The van der Waals surface area contributed by atoms with Crippen molar-refractivity contribution in [3.63, 3.8) is 0 Å². The van der Waals surface area contributed by atoms with Crippen LogP contribution in [0.4, 0.5) is 0 Å². The number of benzene rings is 5. The zero-order valence-electron chi connectivity index (χ0n) is 88.5. The minimum absolute atomic E-state index is 0.0182. The number of allylic oxidation sites excluding steroid dienone is 12. The number of esters is 5. The average Bonchev–Trinajstić information content (AvgIpc) is 0.792. The topological polar surface area (TPSA) is 365 Å². The number of hydroxylamine groups is 2. The standard InChI is InChI=1S/C23H30O3.C22H31NO4.C21H26O3.C19H22O5.C16H22O2.C9H15NO.C2H4O2.CH4O3S.CH3PS/c1-7-9-10-11-13-20(24)15-21-19(6)16(3)14-17(4)22(21)23(25)26-18(5)12-8-2;1-15-11-16(2)21-19(12-15)13-18(14-20(24)23(4)26-5)10-8-6-7-9-17(3)27-22(21)25;1-14-12-15(2)20-19(17(14)4)13-18(22)11-9-7-5-6-8-10-16(3)24-21(20)23;1-12-8-6-4-3-5-7-9-14(20)10-15-13(2)16(21)11-17(22)18(15)19(23)24-12;1-7-8-12(4)18-16(17)15-11(3)9-10(2)13(5)14(15)6;1-4-5-6-7-8-9(11)10(2)3;1-2(3)4;1-5(2,3)4;1-2-3/h7-8,11,13-14,18H,1-2,9-10,12,15H2,3-6H3;6-7,11-12,17-18H,8-10,13-14H2,1-5H3;6,8-9,11-12,16H,5,7,10,13H2,1-4H3;4,6-7,9,11-12,21-22H,3,5,8,10H2,1-2H3;7,9,12H,1,8H2,2-6H3;4,7-8H,1,5-6H2,2-3H3;1H3,(H,3,4);1H3,(H,2,3,4);1H3/b13-11+;7-6+;8-6+,11-9+;6-4+,9-7+;;8-7+;;;/t18-;17-,18?;16-;2*12-;;;;/m11111..../s1. The van der Waals surface area contributed by atoms with Gasteiger partial charge in [0.2, 0.25) is 11.8 Å². The quantitative estimate of drug-likeness (QED) is 0.00775. The number of nitrogens with zero attached hydrogens (tertiary/aromatic N) is 2. The predicted molar refractivity (Wildman–Crippen MR) is 573 cm³/mol. The number of carboxylic acid groups (broad SMARTS) is 1. The summed E-state index contributed by atoms with van der Waals surface area (Å²) in [5, 5.41) is 28.7. The molecule has 2 amide bonds. The summed E-state index contributed by atoms with van der Waals surface area (Å²) in [6.07, 6.45) is 45.8. The van der Waals surface area contributed by atoms with E-state index in [2.05, 4.69) is 63.3 Å². The highest BCUT2D eigenvalue weighted by atomic mass is 32.4. The lowest BCUT2D eigenvalue weighted by Gasteiger charge is -2.23. The Balaban J connectivity index is 0.00000166. The van der Waals surface area contributed by atoms with Crippen LogP contribution in [0.15, 0.2) is 172 Å². The number of fused-ring (bicyclic) bond motifs is 3. The third-order valence-corrected chi connectivity index (χ3v) is 22.5. The molecule has 28 heteroatoms. The van der Waals surface area contributed by atoms with Crippen molar-refractivity contribution in [3.8, 4) is 11.5 Å². The summed E-state index contributed by atoms with van der Waals surface area (Å²) in [4.78, 5) is 139. The van der Waals surface area contributed by atoms with Crippen LogP contribution >= 0.6 is 7.36 Å². The van der Waals surface area contributed by atoms with Gasteiger partial charge in [0.1, 0.15) is 47.6 Å². The van der Waals surface area contributed by atoms with E-state index in [9.17, 15) is 66.6 Å². The van der Waals surface area contributed by atoms with E-state index in [0.717, 1.165) is 162 Å². The van der Waals surface area contributed by atoms with Crippen molar-refractivity contribution in [1.82, 2.24) is 9.96 Å². The zero-order chi connectivity index (χ0) is 108. The second-order valence-electron chi connectivity index (χ2n) is 35.4. The van der Waals surface area contributed by atoms with Crippen LogP contribution in [0, 0.1) is 95.9 Å². The Morgan fingerprint density at radius 3 is 1.39 bits per heavy atom. The Labute approximate surface area is 852 Å². The highest BCUT2D eigenvalue weighted by Gasteiger charge is 2.30. The SMILES string of the molecule is C=CCC/C=C/C(=O)Cc1c(C)c(C)cc(C)c1C(=O)O[C@H](C)CC=C.C=CCC/C=C/C(=O)N(C)C.C=CC[C@@H](C)OC(=O)c1c(C)cc(C)c(C)c1C.CC(=O)O.CON(C)C(=O)CC1CC/C=C/C[C@@H](C)OC(=O)c2c(C)cc(C)cc2C1.CP=S.CS(=O)(=O)O.Cc1c(O)cc(O)c2c1CC(=O)/C=C/CC/C=C/C[C@@H](C)OC2=O.Cc1cc(C)c2c(c1C)CC(=O)/C=C/CC/C=C/C[C@@H](C)OC2=O. The molecule has 25 nitrogen and oxygen atoms in total. The summed E-state index contributed by atoms with van der Waals surface area (Å²) in [6.45, 7) is 52.2. The Kier molecular flexibility index (Phi) is 63.9. The first-order valence-corrected chi connectivity index (χ1v) is 51.8. The third-order valence-electron chi connectivity index (χ3n) is 22.5. The molecular weight excluding hydrogens is 1860 g/mol. The van der Waals surface area contributed by atoms with Gasteiger partial charge in [0.15, 0.2) is 17.3 Å². The molecule has 1 unspecified atom stereocenters. The van der Waals surface area contributed by atoms with Crippen molar-refractivity contribution in [2.45, 2.75) is 290 Å². The fourth-order valence-corrected chi connectivity index (χ4v) is 14.7. The minimum Gasteiger partial charge on any atom is -0.508 e. The van der Waals surface area contributed by atoms with Gasteiger partial charge < -0.3 is 43.9 Å². The molecule has 8 rings (SSSR count). The number of amides is 2. The number of likely N-dealkylation sites (N-methyl/N-ethyl adjacent to an activating group) is 1. The van der Waals surface area contributed by atoms with E-state index in [0.29, 0.717) is 84.6 Å². The van der Waals surface area contributed by atoms with Gasteiger partial charge in [-0.05, 0) is 329 Å². The number of carbonyl (C=O) groups excluding carboxylic acids is 10. The maximum atomic E-state index is 12.8. The first-order chi connectivity index (χ1) is 66.6. The van der Waals surface area contributed by atoms with Gasteiger partial charge in [-0.3, -0.25) is 38.2 Å². The van der Waals surface area contributed by atoms with Crippen LogP contribution in [0.5, 0.6) is 11.5 Å². The molecule has 3 aliphatic rings. The summed E-state index contributed by atoms with van der Waals surface area (Å²) < 4.78 is 53.5. The fraction of sp³-hybridized carbons (Fsp3) is 0.447. The summed E-state index contributed by atoms with van der Waals surface area (Å²) in [6, 6.07) is 11.2. The number of rotatable bonds is 21. The Hall–Kier alpha value is -12.0. The van der Waals surface area contributed by atoms with Crippen LogP contribution in [-0.4, -0.2) is 175 Å². The van der Waals surface area contributed by atoms with Gasteiger partial charge >= 0.3 is 29.8 Å². The molecule has 0 spiro atoms. The largest absolute Gasteiger partial charge is 0.508 e. The number of hydrogen-bond donors (Lipinski definition) is 4. The lowest BCUT2D eigenvalue weighted by Crippen LogP contribution is -2.28. The zero-order valence-corrected chi connectivity index (χ0v) is 91.0. The monoisotopic (exact) mass is 2020 g/mol. The molecule has 3 heterocycles. The van der Waals surface area contributed by atoms with Crippen molar-refractivity contribution >= 4 is 94.3 Å². The average molecular weight is 2020 g/mol. The number of ether oxygens (including phenoxy) is 5. The Morgan fingerprint density at radius 2 is 0.930 bits per heavy atom. The first-order valence-electron chi connectivity index (χ1n) is 47.6. The summed E-state index contributed by atoms with van der Waals surface area (Å²) in [7, 11) is 3.92. The highest BCUT2D eigenvalue weighted by Crippen LogP contribution is 2.35.